The Bertz CT molecular complexity index is 613. The van der Waals surface area contributed by atoms with Crippen LogP contribution in [0.15, 0.2) is 24.7 Å². The van der Waals surface area contributed by atoms with Crippen LogP contribution < -0.4 is 15.4 Å². The van der Waals surface area contributed by atoms with Crippen LogP contribution in [0.1, 0.15) is 26.2 Å². The van der Waals surface area contributed by atoms with E-state index in [1.165, 1.54) is 11.5 Å². The average molecular weight is 321 g/mol. The lowest BCUT2D eigenvalue weighted by molar-refractivity contribution is 0.175. The number of ether oxygens (including phenoxy) is 1. The number of anilines is 1. The van der Waals surface area contributed by atoms with Crippen LogP contribution in [0.25, 0.3) is 0 Å². The summed E-state index contributed by atoms with van der Waals surface area (Å²) in [5, 5.41) is 10.7. The highest BCUT2D eigenvalue weighted by Crippen LogP contribution is 2.24. The van der Waals surface area contributed by atoms with E-state index in [-0.39, 0.29) is 18.2 Å². The zero-order chi connectivity index (χ0) is 15.4. The molecule has 0 aliphatic heterocycles. The number of nitrogens with zero attached hydrogens (tertiary/aromatic N) is 3. The number of aryl methyl sites for hydroxylation is 1. The Morgan fingerprint density at radius 1 is 1.55 bits per heavy atom. The van der Waals surface area contributed by atoms with E-state index < -0.39 is 0 Å². The summed E-state index contributed by atoms with van der Waals surface area (Å²) >= 11 is 1.25. The number of aromatic nitrogens is 3. The van der Waals surface area contributed by atoms with E-state index >= 15 is 0 Å². The summed E-state index contributed by atoms with van der Waals surface area (Å²) in [7, 11) is 0. The highest BCUT2D eigenvalue weighted by atomic mass is 32.1. The molecule has 0 unspecified atom stereocenters. The smallest absolute Gasteiger partial charge is 0.320 e. The predicted molar refractivity (Wildman–Crippen MR) is 84.2 cm³/mol. The standard InChI is InChI=1S/C14H19N5O2S/c1-2-19-9-10(8-15-19)21-12-5-3-4-11(12)17-14(20)18-13-6-7-16-22-13/h6-9,11-12H,2-5H2,1H3,(H2,17,18,20)/t11-,12+/m0/s1. The highest BCUT2D eigenvalue weighted by Gasteiger charge is 2.30. The third kappa shape index (κ3) is 3.56. The van der Waals surface area contributed by atoms with Crippen molar-refractivity contribution in [2.45, 2.75) is 44.9 Å². The van der Waals surface area contributed by atoms with Gasteiger partial charge in [0.25, 0.3) is 0 Å². The molecule has 1 fully saturated rings. The Labute approximate surface area is 132 Å². The maximum atomic E-state index is 12.0. The van der Waals surface area contributed by atoms with E-state index in [4.69, 9.17) is 4.74 Å². The molecular formula is C14H19N5O2S. The lowest BCUT2D eigenvalue weighted by atomic mass is 10.2. The maximum Gasteiger partial charge on any atom is 0.320 e. The van der Waals surface area contributed by atoms with Crippen LogP contribution in [0.2, 0.25) is 0 Å². The molecule has 118 valence electrons. The van der Waals surface area contributed by atoms with Crippen molar-refractivity contribution in [1.29, 1.82) is 0 Å². The SMILES string of the molecule is CCn1cc(O[C@@H]2CCC[C@@H]2NC(=O)Nc2ccns2)cn1. The average Bonchev–Trinajstić information content (AvgIpc) is 3.22. The molecule has 1 aliphatic carbocycles. The van der Waals surface area contributed by atoms with Crippen LogP contribution in [0.4, 0.5) is 9.80 Å². The molecular weight excluding hydrogens is 302 g/mol. The third-order valence-electron chi connectivity index (χ3n) is 3.66. The van der Waals surface area contributed by atoms with Crippen molar-refractivity contribution in [3.8, 4) is 5.75 Å². The van der Waals surface area contributed by atoms with Gasteiger partial charge in [-0.15, -0.1) is 0 Å². The normalized spacial score (nSPS) is 20.8. The molecule has 22 heavy (non-hydrogen) atoms. The van der Waals surface area contributed by atoms with Gasteiger partial charge in [-0.2, -0.15) is 9.47 Å². The zero-order valence-electron chi connectivity index (χ0n) is 12.4. The van der Waals surface area contributed by atoms with Crippen molar-refractivity contribution in [2.24, 2.45) is 0 Å². The molecule has 0 radical (unpaired) electrons. The highest BCUT2D eigenvalue weighted by molar-refractivity contribution is 7.10. The second-order valence-electron chi connectivity index (χ2n) is 5.20. The number of carbonyl (C=O) groups is 1. The van der Waals surface area contributed by atoms with Crippen LogP contribution in [-0.4, -0.2) is 32.3 Å². The molecule has 2 aromatic heterocycles. The number of nitrogens with one attached hydrogen (secondary N) is 2. The number of amides is 2. The van der Waals surface area contributed by atoms with Crippen LogP contribution in [0.3, 0.4) is 0 Å². The predicted octanol–water partition coefficient (Wildman–Crippen LogP) is 2.48. The fraction of sp³-hybridized carbons (Fsp3) is 0.500. The largest absolute Gasteiger partial charge is 0.485 e. The van der Waals surface area contributed by atoms with E-state index in [0.29, 0.717) is 0 Å². The van der Waals surface area contributed by atoms with Crippen molar-refractivity contribution < 1.29 is 9.53 Å². The Hall–Kier alpha value is -2.09. The summed E-state index contributed by atoms with van der Waals surface area (Å²) in [4.78, 5) is 12.0. The molecule has 0 aromatic carbocycles. The number of rotatable bonds is 5. The van der Waals surface area contributed by atoms with Crippen LogP contribution in [-0.2, 0) is 6.54 Å². The molecule has 2 N–H and O–H groups in total. The number of hydrogen-bond donors (Lipinski definition) is 2. The van der Waals surface area contributed by atoms with E-state index in [2.05, 4.69) is 20.1 Å². The summed E-state index contributed by atoms with van der Waals surface area (Å²) in [5.74, 6) is 0.753. The molecule has 1 saturated carbocycles. The Morgan fingerprint density at radius 2 is 2.45 bits per heavy atom. The third-order valence-corrected chi connectivity index (χ3v) is 4.33. The Kier molecular flexibility index (Phi) is 4.57. The van der Waals surface area contributed by atoms with Crippen molar-refractivity contribution >= 4 is 22.6 Å². The molecule has 2 amide bonds. The van der Waals surface area contributed by atoms with E-state index in [0.717, 1.165) is 36.6 Å². The summed E-state index contributed by atoms with van der Waals surface area (Å²) in [6.07, 6.45) is 8.14. The molecule has 3 rings (SSSR count). The fourth-order valence-corrected chi connectivity index (χ4v) is 3.08. The monoisotopic (exact) mass is 321 g/mol. The first-order valence-corrected chi connectivity index (χ1v) is 8.19. The van der Waals surface area contributed by atoms with Gasteiger partial charge in [0.15, 0.2) is 5.75 Å². The summed E-state index contributed by atoms with van der Waals surface area (Å²) in [5.41, 5.74) is 0. The quantitative estimate of drug-likeness (QED) is 0.886. The van der Waals surface area contributed by atoms with Gasteiger partial charge < -0.3 is 10.1 Å². The molecule has 2 aromatic rings. The fourth-order valence-electron chi connectivity index (χ4n) is 2.58. The molecule has 1 aliphatic rings. The molecule has 7 nitrogen and oxygen atoms in total. The Balaban J connectivity index is 1.54. The first kappa shape index (κ1) is 14.8. The van der Waals surface area contributed by atoms with E-state index in [1.807, 2.05) is 17.8 Å². The number of hydrogen-bond acceptors (Lipinski definition) is 5. The van der Waals surface area contributed by atoms with Gasteiger partial charge >= 0.3 is 6.03 Å². The first-order chi connectivity index (χ1) is 10.7. The van der Waals surface area contributed by atoms with Crippen LogP contribution in [0.5, 0.6) is 5.75 Å². The van der Waals surface area contributed by atoms with Gasteiger partial charge in [-0.05, 0) is 43.8 Å². The van der Waals surface area contributed by atoms with Crippen molar-refractivity contribution in [3.63, 3.8) is 0 Å². The minimum absolute atomic E-state index is 0.0119. The molecule has 8 heteroatoms. The molecule has 2 atom stereocenters. The van der Waals surface area contributed by atoms with Gasteiger partial charge in [-0.25, -0.2) is 4.79 Å². The topological polar surface area (TPSA) is 81.1 Å². The minimum Gasteiger partial charge on any atom is -0.485 e. The minimum atomic E-state index is -0.214. The van der Waals surface area contributed by atoms with E-state index in [1.54, 1.807) is 18.5 Å². The van der Waals surface area contributed by atoms with E-state index in [9.17, 15) is 4.79 Å². The molecule has 2 heterocycles. The molecule has 0 saturated heterocycles. The van der Waals surface area contributed by atoms with Gasteiger partial charge in [0.2, 0.25) is 0 Å². The van der Waals surface area contributed by atoms with Crippen molar-refractivity contribution in [1.82, 2.24) is 19.5 Å². The number of urea groups is 1. The second kappa shape index (κ2) is 6.78. The van der Waals surface area contributed by atoms with Gasteiger partial charge in [-0.1, -0.05) is 0 Å². The number of carbonyl (C=O) groups excluding carboxylic acids is 1. The molecule has 0 spiro atoms. The van der Waals surface area contributed by atoms with Crippen LogP contribution in [0, 0.1) is 0 Å². The zero-order valence-corrected chi connectivity index (χ0v) is 13.2. The first-order valence-electron chi connectivity index (χ1n) is 7.42. The van der Waals surface area contributed by atoms with Gasteiger partial charge in [0.05, 0.1) is 18.4 Å². The molecule has 0 bridgehead atoms. The summed E-state index contributed by atoms with van der Waals surface area (Å²) < 4.78 is 11.7. The van der Waals surface area contributed by atoms with Gasteiger partial charge in [0.1, 0.15) is 11.1 Å². The second-order valence-corrected chi connectivity index (χ2v) is 6.03. The lowest BCUT2D eigenvalue weighted by Gasteiger charge is -2.21. The summed E-state index contributed by atoms with van der Waals surface area (Å²) in [6.45, 7) is 2.84. The maximum absolute atomic E-state index is 12.0. The summed E-state index contributed by atoms with van der Waals surface area (Å²) in [6, 6.07) is 1.57. The van der Waals surface area contributed by atoms with Gasteiger partial charge in [0, 0.05) is 12.7 Å². The van der Waals surface area contributed by atoms with Crippen molar-refractivity contribution in [2.75, 3.05) is 5.32 Å². The lowest BCUT2D eigenvalue weighted by Crippen LogP contribution is -2.44. The Morgan fingerprint density at radius 3 is 3.18 bits per heavy atom. The van der Waals surface area contributed by atoms with Gasteiger partial charge in [-0.3, -0.25) is 10.00 Å². The van der Waals surface area contributed by atoms with Crippen LogP contribution >= 0.6 is 11.5 Å². The van der Waals surface area contributed by atoms with Crippen molar-refractivity contribution in [3.05, 3.63) is 24.7 Å².